The number of aromatic amines is 1. The molecule has 0 unspecified atom stereocenters. The van der Waals surface area contributed by atoms with E-state index in [1.54, 1.807) is 15.9 Å². The molecule has 0 bridgehead atoms. The molecule has 0 aliphatic carbocycles. The predicted molar refractivity (Wildman–Crippen MR) is 106 cm³/mol. The number of hydrogen-bond donors (Lipinski definition) is 1. The molecule has 0 saturated carbocycles. The SMILES string of the molecule is CN1Cc2sc3[nH]c(=S)n(Cc4ccccc4)c(=O)c3c2CC1(C)C. The second-order valence-corrected chi connectivity index (χ2v) is 8.85. The molecule has 0 amide bonds. The van der Waals surface area contributed by atoms with Crippen LogP contribution in [0.4, 0.5) is 0 Å². The summed E-state index contributed by atoms with van der Waals surface area (Å²) in [6.07, 6.45) is 0.879. The van der Waals surface area contributed by atoms with E-state index in [-0.39, 0.29) is 11.1 Å². The van der Waals surface area contributed by atoms with Crippen LogP contribution in [0.15, 0.2) is 35.1 Å². The molecule has 0 fully saturated rings. The maximum absolute atomic E-state index is 13.2. The Morgan fingerprint density at radius 3 is 2.72 bits per heavy atom. The van der Waals surface area contributed by atoms with E-state index in [1.165, 1.54) is 10.4 Å². The van der Waals surface area contributed by atoms with Crippen molar-refractivity contribution in [3.63, 3.8) is 0 Å². The van der Waals surface area contributed by atoms with Gasteiger partial charge in [-0.15, -0.1) is 11.3 Å². The third-order valence-corrected chi connectivity index (χ3v) is 6.68. The Labute approximate surface area is 155 Å². The van der Waals surface area contributed by atoms with Gasteiger partial charge >= 0.3 is 0 Å². The third kappa shape index (κ3) is 2.78. The number of likely N-dealkylation sites (N-methyl/N-ethyl adjacent to an activating group) is 1. The van der Waals surface area contributed by atoms with Crippen molar-refractivity contribution in [1.29, 1.82) is 0 Å². The lowest BCUT2D eigenvalue weighted by molar-refractivity contribution is 0.136. The molecule has 3 heterocycles. The summed E-state index contributed by atoms with van der Waals surface area (Å²) in [5, 5.41) is 0.825. The van der Waals surface area contributed by atoms with E-state index >= 15 is 0 Å². The van der Waals surface area contributed by atoms with Crippen molar-refractivity contribution in [2.24, 2.45) is 0 Å². The maximum Gasteiger partial charge on any atom is 0.263 e. The van der Waals surface area contributed by atoms with Crippen LogP contribution in [-0.4, -0.2) is 27.0 Å². The molecule has 0 spiro atoms. The zero-order chi connectivity index (χ0) is 17.8. The van der Waals surface area contributed by atoms with E-state index in [9.17, 15) is 4.79 Å². The standard InChI is InChI=1S/C19H21N3OS2/c1-19(2)9-13-14(11-21(19)3)25-16-15(13)17(23)22(18(24)20-16)10-12-7-5-4-6-8-12/h4-8H,9-11H2,1-3H3,(H,20,24). The summed E-state index contributed by atoms with van der Waals surface area (Å²) in [4.78, 5) is 21.1. The van der Waals surface area contributed by atoms with Gasteiger partial charge in [0.1, 0.15) is 4.83 Å². The lowest BCUT2D eigenvalue weighted by atomic mass is 9.88. The molecule has 25 heavy (non-hydrogen) atoms. The number of aromatic nitrogens is 2. The van der Waals surface area contributed by atoms with Crippen LogP contribution in [0.5, 0.6) is 0 Å². The Balaban J connectivity index is 1.91. The van der Waals surface area contributed by atoms with E-state index < -0.39 is 0 Å². The molecule has 0 atom stereocenters. The fourth-order valence-corrected chi connectivity index (χ4v) is 5.02. The van der Waals surface area contributed by atoms with E-state index in [0.717, 1.165) is 28.7 Å². The highest BCUT2D eigenvalue weighted by Gasteiger charge is 2.33. The summed E-state index contributed by atoms with van der Waals surface area (Å²) in [5.74, 6) is 0. The summed E-state index contributed by atoms with van der Waals surface area (Å²) in [5.41, 5.74) is 2.35. The van der Waals surface area contributed by atoms with Gasteiger partial charge in [0.15, 0.2) is 4.77 Å². The molecule has 4 rings (SSSR count). The number of H-pyrrole nitrogens is 1. The fraction of sp³-hybridized carbons (Fsp3) is 0.368. The quantitative estimate of drug-likeness (QED) is 0.694. The van der Waals surface area contributed by atoms with E-state index in [1.807, 2.05) is 30.3 Å². The largest absolute Gasteiger partial charge is 0.323 e. The minimum absolute atomic E-state index is 0.0282. The fourth-order valence-electron chi connectivity index (χ4n) is 3.44. The highest BCUT2D eigenvalue weighted by atomic mass is 32.1. The average Bonchev–Trinajstić information content (AvgIpc) is 2.89. The highest BCUT2D eigenvalue weighted by Crippen LogP contribution is 2.37. The lowest BCUT2D eigenvalue weighted by Gasteiger charge is -2.39. The Morgan fingerprint density at radius 1 is 1.28 bits per heavy atom. The van der Waals surface area contributed by atoms with Gasteiger partial charge in [0.2, 0.25) is 0 Å². The van der Waals surface area contributed by atoms with Crippen molar-refractivity contribution in [3.8, 4) is 0 Å². The summed E-state index contributed by atoms with van der Waals surface area (Å²) < 4.78 is 2.18. The normalized spacial score (nSPS) is 16.9. The van der Waals surface area contributed by atoms with Crippen molar-refractivity contribution in [1.82, 2.24) is 14.5 Å². The molecular formula is C19H21N3OS2. The van der Waals surface area contributed by atoms with Crippen molar-refractivity contribution in [3.05, 3.63) is 61.5 Å². The minimum atomic E-state index is 0.0282. The summed E-state index contributed by atoms with van der Waals surface area (Å²) in [6, 6.07) is 9.98. The van der Waals surface area contributed by atoms with Gasteiger partial charge in [0, 0.05) is 17.0 Å². The Bertz CT molecular complexity index is 1060. The molecule has 1 aliphatic rings. The van der Waals surface area contributed by atoms with Crippen molar-refractivity contribution in [2.75, 3.05) is 7.05 Å². The zero-order valence-corrected chi connectivity index (χ0v) is 16.3. The van der Waals surface area contributed by atoms with Gasteiger partial charge < -0.3 is 4.98 Å². The van der Waals surface area contributed by atoms with Crippen LogP contribution >= 0.6 is 23.6 Å². The third-order valence-electron chi connectivity index (χ3n) is 5.22. The molecule has 4 nitrogen and oxygen atoms in total. The van der Waals surface area contributed by atoms with Crippen LogP contribution in [0, 0.1) is 4.77 Å². The molecule has 1 aliphatic heterocycles. The highest BCUT2D eigenvalue weighted by molar-refractivity contribution is 7.71. The molecule has 1 N–H and O–H groups in total. The van der Waals surface area contributed by atoms with Gasteiger partial charge in [-0.1, -0.05) is 30.3 Å². The average molecular weight is 372 g/mol. The molecule has 2 aromatic heterocycles. The second-order valence-electron chi connectivity index (χ2n) is 7.36. The van der Waals surface area contributed by atoms with Gasteiger partial charge in [0.25, 0.3) is 5.56 Å². The molecular weight excluding hydrogens is 350 g/mol. The van der Waals surface area contributed by atoms with Crippen molar-refractivity contribution in [2.45, 2.75) is 38.9 Å². The monoisotopic (exact) mass is 371 g/mol. The number of fused-ring (bicyclic) bond motifs is 3. The van der Waals surface area contributed by atoms with Crippen LogP contribution in [-0.2, 0) is 19.5 Å². The molecule has 0 radical (unpaired) electrons. The molecule has 6 heteroatoms. The van der Waals surface area contributed by atoms with Crippen molar-refractivity contribution < 1.29 is 0 Å². The number of hydrogen-bond acceptors (Lipinski definition) is 4. The van der Waals surface area contributed by atoms with Crippen LogP contribution in [0.3, 0.4) is 0 Å². The van der Waals surface area contributed by atoms with E-state index in [4.69, 9.17) is 12.2 Å². The summed E-state index contributed by atoms with van der Waals surface area (Å²) >= 11 is 7.15. The predicted octanol–water partition coefficient (Wildman–Crippen LogP) is 3.94. The number of nitrogens with zero attached hydrogens (tertiary/aromatic N) is 2. The van der Waals surface area contributed by atoms with Crippen LogP contribution in [0.1, 0.15) is 29.9 Å². The Hall–Kier alpha value is -1.76. The Kier molecular flexibility index (Phi) is 3.94. The first-order valence-corrected chi connectivity index (χ1v) is 9.62. The number of nitrogens with one attached hydrogen (secondary N) is 1. The maximum atomic E-state index is 13.2. The minimum Gasteiger partial charge on any atom is -0.323 e. The van der Waals surface area contributed by atoms with E-state index in [0.29, 0.717) is 11.3 Å². The van der Waals surface area contributed by atoms with Gasteiger partial charge in [-0.2, -0.15) is 0 Å². The smallest absolute Gasteiger partial charge is 0.263 e. The molecule has 130 valence electrons. The van der Waals surface area contributed by atoms with Gasteiger partial charge in [-0.25, -0.2) is 0 Å². The van der Waals surface area contributed by atoms with Gasteiger partial charge in [-0.05, 0) is 50.7 Å². The van der Waals surface area contributed by atoms with Crippen LogP contribution in [0.2, 0.25) is 0 Å². The number of rotatable bonds is 2. The first kappa shape index (κ1) is 16.7. The Morgan fingerprint density at radius 2 is 2.00 bits per heavy atom. The summed E-state index contributed by atoms with van der Waals surface area (Å²) in [6.45, 7) is 5.83. The lowest BCUT2D eigenvalue weighted by Crippen LogP contribution is -2.45. The topological polar surface area (TPSA) is 41.0 Å². The van der Waals surface area contributed by atoms with Crippen molar-refractivity contribution >= 4 is 33.8 Å². The number of thiophene rings is 1. The van der Waals surface area contributed by atoms with Gasteiger partial charge in [-0.3, -0.25) is 14.3 Å². The molecule has 0 saturated heterocycles. The zero-order valence-electron chi connectivity index (χ0n) is 14.6. The molecule has 3 aromatic rings. The first-order valence-electron chi connectivity index (χ1n) is 8.39. The first-order chi connectivity index (χ1) is 11.9. The number of benzene rings is 1. The van der Waals surface area contributed by atoms with Crippen LogP contribution in [0.25, 0.3) is 10.2 Å². The van der Waals surface area contributed by atoms with Gasteiger partial charge in [0.05, 0.1) is 11.9 Å². The van der Waals surface area contributed by atoms with E-state index in [2.05, 4.69) is 30.8 Å². The molecule has 1 aromatic carbocycles. The van der Waals surface area contributed by atoms with Crippen LogP contribution < -0.4 is 5.56 Å². The summed E-state index contributed by atoms with van der Waals surface area (Å²) in [7, 11) is 2.14. The second kappa shape index (κ2) is 5.90.